The molecule has 1 aliphatic heterocycles. The summed E-state index contributed by atoms with van der Waals surface area (Å²) in [7, 11) is 0. The van der Waals surface area contributed by atoms with Crippen LogP contribution in [0.3, 0.4) is 0 Å². The number of hydrogen-bond donors (Lipinski definition) is 1. The van der Waals surface area contributed by atoms with Crippen molar-refractivity contribution in [3.63, 3.8) is 0 Å². The van der Waals surface area contributed by atoms with Crippen LogP contribution in [0.4, 0.5) is 0 Å². The van der Waals surface area contributed by atoms with Crippen LogP contribution in [-0.4, -0.2) is 17.7 Å². The molecule has 1 aliphatic rings. The van der Waals surface area contributed by atoms with Crippen molar-refractivity contribution in [2.24, 2.45) is 0 Å². The maximum Gasteiger partial charge on any atom is 0.290 e. The molecule has 1 N–H and O–H groups in total. The number of benzene rings is 1. The van der Waals surface area contributed by atoms with Crippen molar-refractivity contribution in [3.8, 4) is 5.75 Å². The molecule has 104 valence electrons. The summed E-state index contributed by atoms with van der Waals surface area (Å²) in [5.41, 5.74) is 2.84. The highest BCUT2D eigenvalue weighted by Crippen LogP contribution is 2.32. The van der Waals surface area contributed by atoms with E-state index in [1.54, 1.807) is 6.92 Å². The van der Waals surface area contributed by atoms with E-state index in [1.807, 2.05) is 12.1 Å². The summed E-state index contributed by atoms with van der Waals surface area (Å²) in [5, 5.41) is 6.43. The number of ether oxygens (including phenoxy) is 1. The topological polar surface area (TPSA) is 64.4 Å². The lowest BCUT2D eigenvalue weighted by Gasteiger charge is -2.09. The Kier molecular flexibility index (Phi) is 3.48. The Bertz CT molecular complexity index is 666. The van der Waals surface area contributed by atoms with Gasteiger partial charge in [-0.3, -0.25) is 4.79 Å². The zero-order chi connectivity index (χ0) is 14.1. The van der Waals surface area contributed by atoms with E-state index < -0.39 is 0 Å². The Morgan fingerprint density at radius 3 is 3.10 bits per heavy atom. The van der Waals surface area contributed by atoms with Crippen molar-refractivity contribution in [2.45, 2.75) is 19.9 Å². The molecule has 1 amide bonds. The normalized spacial score (nSPS) is 12.9. The number of halogens is 1. The summed E-state index contributed by atoms with van der Waals surface area (Å²) in [4.78, 5) is 12.0. The molecule has 0 unspecified atom stereocenters. The van der Waals surface area contributed by atoms with Gasteiger partial charge in [0.25, 0.3) is 5.91 Å². The molecule has 20 heavy (non-hydrogen) atoms. The number of rotatable bonds is 3. The number of fused-ring (bicyclic) bond motifs is 1. The van der Waals surface area contributed by atoms with Gasteiger partial charge in [0.15, 0.2) is 0 Å². The fraction of sp³-hybridized carbons (Fsp3) is 0.286. The third-order valence-electron chi connectivity index (χ3n) is 3.22. The average Bonchev–Trinajstić information content (AvgIpc) is 3.03. The summed E-state index contributed by atoms with van der Waals surface area (Å²) in [6.07, 6.45) is 2.42. The number of aryl methyl sites for hydroxylation is 1. The van der Waals surface area contributed by atoms with Crippen molar-refractivity contribution < 1.29 is 14.1 Å². The molecule has 0 radical (unpaired) electrons. The number of nitrogens with one attached hydrogen (secondary N) is 1. The first-order valence-electron chi connectivity index (χ1n) is 6.28. The van der Waals surface area contributed by atoms with E-state index in [4.69, 9.17) is 9.26 Å². The highest BCUT2D eigenvalue weighted by Gasteiger charge is 2.19. The standard InChI is InChI=1S/C14H13BrN2O3/c1-8-6-17-20-12(8)14(18)16-7-10-5-11(15)4-9-2-3-19-13(9)10/h4-6H,2-3,7H2,1H3,(H,16,18). The largest absolute Gasteiger partial charge is 0.493 e. The SMILES string of the molecule is Cc1cnoc1C(=O)NCc1cc(Br)cc2c1OCC2. The van der Waals surface area contributed by atoms with Crippen molar-refractivity contribution in [1.29, 1.82) is 0 Å². The van der Waals surface area contributed by atoms with Crippen LogP contribution in [0.5, 0.6) is 5.75 Å². The average molecular weight is 337 g/mol. The van der Waals surface area contributed by atoms with Gasteiger partial charge in [0.05, 0.1) is 12.8 Å². The Balaban J connectivity index is 1.76. The maximum atomic E-state index is 12.0. The van der Waals surface area contributed by atoms with Gasteiger partial charge in [-0.25, -0.2) is 0 Å². The number of aromatic nitrogens is 1. The number of nitrogens with zero attached hydrogens (tertiary/aromatic N) is 1. The van der Waals surface area contributed by atoms with Gasteiger partial charge in [-0.15, -0.1) is 0 Å². The second-order valence-electron chi connectivity index (χ2n) is 4.67. The Labute approximate surface area is 124 Å². The predicted octanol–water partition coefficient (Wildman–Crippen LogP) is 2.61. The molecule has 5 nitrogen and oxygen atoms in total. The first-order chi connectivity index (χ1) is 9.65. The van der Waals surface area contributed by atoms with Gasteiger partial charge in [0.2, 0.25) is 5.76 Å². The van der Waals surface area contributed by atoms with Crippen LogP contribution < -0.4 is 10.1 Å². The van der Waals surface area contributed by atoms with Gasteiger partial charge in [-0.1, -0.05) is 21.1 Å². The Morgan fingerprint density at radius 2 is 2.35 bits per heavy atom. The van der Waals surface area contributed by atoms with Crippen LogP contribution in [0.15, 0.2) is 27.3 Å². The third kappa shape index (κ3) is 2.43. The number of carbonyl (C=O) groups excluding carboxylic acids is 1. The molecule has 2 heterocycles. The summed E-state index contributed by atoms with van der Waals surface area (Å²) in [6, 6.07) is 4.01. The number of carbonyl (C=O) groups is 1. The molecule has 0 saturated heterocycles. The second-order valence-corrected chi connectivity index (χ2v) is 5.59. The van der Waals surface area contributed by atoms with Gasteiger partial charge in [0.1, 0.15) is 5.75 Å². The van der Waals surface area contributed by atoms with E-state index in [0.717, 1.165) is 27.8 Å². The first kappa shape index (κ1) is 13.2. The summed E-state index contributed by atoms with van der Waals surface area (Å²) >= 11 is 3.48. The van der Waals surface area contributed by atoms with E-state index in [2.05, 4.69) is 26.4 Å². The van der Waals surface area contributed by atoms with Crippen LogP contribution in [0, 0.1) is 6.92 Å². The minimum Gasteiger partial charge on any atom is -0.493 e. The van der Waals surface area contributed by atoms with Gasteiger partial charge in [0, 0.05) is 28.6 Å². The van der Waals surface area contributed by atoms with Crippen LogP contribution >= 0.6 is 15.9 Å². The first-order valence-corrected chi connectivity index (χ1v) is 7.08. The Morgan fingerprint density at radius 1 is 1.50 bits per heavy atom. The molecular formula is C14H13BrN2O3. The van der Waals surface area contributed by atoms with Gasteiger partial charge in [-0.2, -0.15) is 0 Å². The monoisotopic (exact) mass is 336 g/mol. The van der Waals surface area contributed by atoms with E-state index >= 15 is 0 Å². The molecule has 6 heteroatoms. The molecule has 0 fully saturated rings. The lowest BCUT2D eigenvalue weighted by Crippen LogP contribution is -2.23. The zero-order valence-electron chi connectivity index (χ0n) is 10.9. The lowest BCUT2D eigenvalue weighted by atomic mass is 10.1. The van der Waals surface area contributed by atoms with E-state index in [-0.39, 0.29) is 11.7 Å². The van der Waals surface area contributed by atoms with Gasteiger partial charge in [-0.05, 0) is 24.6 Å². The van der Waals surface area contributed by atoms with Crippen molar-refractivity contribution >= 4 is 21.8 Å². The second kappa shape index (κ2) is 5.28. The molecule has 3 rings (SSSR count). The molecule has 0 aliphatic carbocycles. The minimum atomic E-state index is -0.272. The minimum absolute atomic E-state index is 0.248. The molecule has 0 spiro atoms. The van der Waals surface area contributed by atoms with Crippen molar-refractivity contribution in [1.82, 2.24) is 10.5 Å². The Hall–Kier alpha value is -1.82. The van der Waals surface area contributed by atoms with Crippen LogP contribution in [0.2, 0.25) is 0 Å². The molecule has 0 atom stereocenters. The van der Waals surface area contributed by atoms with Crippen LogP contribution in [0.25, 0.3) is 0 Å². The van der Waals surface area contributed by atoms with E-state index in [1.165, 1.54) is 11.8 Å². The highest BCUT2D eigenvalue weighted by atomic mass is 79.9. The lowest BCUT2D eigenvalue weighted by molar-refractivity contribution is 0.0913. The smallest absolute Gasteiger partial charge is 0.290 e. The summed E-state index contributed by atoms with van der Waals surface area (Å²) in [6.45, 7) is 2.86. The quantitative estimate of drug-likeness (QED) is 0.935. The molecule has 1 aromatic carbocycles. The van der Waals surface area contributed by atoms with Gasteiger partial charge >= 0.3 is 0 Å². The molecular weight excluding hydrogens is 324 g/mol. The third-order valence-corrected chi connectivity index (χ3v) is 3.68. The number of hydrogen-bond acceptors (Lipinski definition) is 4. The highest BCUT2D eigenvalue weighted by molar-refractivity contribution is 9.10. The van der Waals surface area contributed by atoms with Crippen molar-refractivity contribution in [2.75, 3.05) is 6.61 Å². The molecule has 1 aromatic heterocycles. The van der Waals surface area contributed by atoms with E-state index in [0.29, 0.717) is 13.2 Å². The van der Waals surface area contributed by atoms with Crippen LogP contribution in [-0.2, 0) is 13.0 Å². The molecule has 0 saturated carbocycles. The van der Waals surface area contributed by atoms with E-state index in [9.17, 15) is 4.79 Å². The molecule has 2 aromatic rings. The fourth-order valence-electron chi connectivity index (χ4n) is 2.24. The maximum absolute atomic E-state index is 12.0. The molecule has 0 bridgehead atoms. The fourth-order valence-corrected chi connectivity index (χ4v) is 2.80. The summed E-state index contributed by atoms with van der Waals surface area (Å²) < 4.78 is 11.5. The number of amides is 1. The summed E-state index contributed by atoms with van der Waals surface area (Å²) in [5.74, 6) is 0.854. The van der Waals surface area contributed by atoms with Crippen molar-refractivity contribution in [3.05, 3.63) is 45.3 Å². The predicted molar refractivity (Wildman–Crippen MR) is 75.8 cm³/mol. The zero-order valence-corrected chi connectivity index (χ0v) is 12.5. The van der Waals surface area contributed by atoms with Crippen LogP contribution in [0.1, 0.15) is 27.2 Å². The van der Waals surface area contributed by atoms with Gasteiger partial charge < -0.3 is 14.6 Å².